The maximum atomic E-state index is 3.06. The summed E-state index contributed by atoms with van der Waals surface area (Å²) in [6.45, 7) is 34.9. The van der Waals surface area contributed by atoms with E-state index in [0.29, 0.717) is 0 Å². The molecule has 0 heterocycles. The fraction of sp³-hybridized carbons (Fsp3) is 0.353. The van der Waals surface area contributed by atoms with E-state index in [4.69, 9.17) is 0 Å². The van der Waals surface area contributed by atoms with Gasteiger partial charge in [0, 0.05) is 0 Å². The first-order chi connectivity index (χ1) is 32.1. The summed E-state index contributed by atoms with van der Waals surface area (Å²) in [6.07, 6.45) is 7.22. The second-order valence-corrected chi connectivity index (χ2v) is 23.2. The molecule has 368 valence electrons. The molecule has 70 heavy (non-hydrogen) atoms. The van der Waals surface area contributed by atoms with Gasteiger partial charge in [-0.05, 0) is 67.9 Å². The molecule has 0 amide bonds. The Bertz CT molecular complexity index is 2480. The SMILES string of the molecule is CCCCc1cc2c(-c3ccc(C(C)(C)C)cc3)ccc(-c3ccc(C(C)(C)C)cc3)c2[cH-]1.CCCCc1cc2c(-c3ccc(C(C)(C)C)cc3)ccc(-c3ccc(C(C)(C)C)cc3)c2[cH-]1.[CH3-].[CH3-].[Si]=[Zr]. The van der Waals surface area contributed by atoms with Gasteiger partial charge in [0.25, 0.3) is 0 Å². The van der Waals surface area contributed by atoms with Crippen LogP contribution in [0.5, 0.6) is 0 Å². The summed E-state index contributed by atoms with van der Waals surface area (Å²) in [7, 11) is 0. The van der Waals surface area contributed by atoms with Crippen LogP contribution >= 0.6 is 0 Å². The number of unbranched alkanes of at least 4 members (excludes halogenated alkanes) is 2. The van der Waals surface area contributed by atoms with Gasteiger partial charge in [-0.2, -0.15) is 12.1 Å². The standard InChI is InChI=1S/2C33H39.2CH3.Si.Zr/c2*1-8-9-10-23-21-30-28(24-11-15-26(16-12-24)32(2,3)4)19-20-29(31(30)22-23)25-13-17-27(18-14-25)33(5,6)7;;;;/h2*11-22H,8-10H2,1-7H3;2*1H3;;/q4*-1;;. The summed E-state index contributed by atoms with van der Waals surface area (Å²) in [4.78, 5) is 0. The third kappa shape index (κ3) is 14.0. The molecule has 2 radical (unpaired) electrons. The second-order valence-electron chi connectivity index (χ2n) is 23.2. The van der Waals surface area contributed by atoms with Crippen LogP contribution < -0.4 is 0 Å². The van der Waals surface area contributed by atoms with Crippen LogP contribution in [-0.2, 0) is 57.8 Å². The molecule has 0 aliphatic heterocycles. The normalized spacial score (nSPS) is 11.8. The van der Waals surface area contributed by atoms with Crippen LogP contribution in [0.1, 0.15) is 156 Å². The van der Waals surface area contributed by atoms with Crippen molar-refractivity contribution in [2.75, 3.05) is 0 Å². The van der Waals surface area contributed by atoms with Crippen molar-refractivity contribution in [2.45, 2.75) is 157 Å². The summed E-state index contributed by atoms with van der Waals surface area (Å²) < 4.78 is 0. The quantitative estimate of drug-likeness (QED) is 0.0946. The van der Waals surface area contributed by atoms with Gasteiger partial charge in [-0.25, -0.2) is 0 Å². The summed E-state index contributed by atoms with van der Waals surface area (Å²) in [5.74, 6) is 0. The number of benzene rings is 6. The Morgan fingerprint density at radius 2 is 0.586 bits per heavy atom. The van der Waals surface area contributed by atoms with Crippen molar-refractivity contribution < 1.29 is 23.3 Å². The van der Waals surface area contributed by atoms with E-state index in [1.807, 2.05) is 0 Å². The zero-order valence-corrected chi connectivity index (χ0v) is 49.6. The molecule has 0 aliphatic rings. The average molecular weight is 1020 g/mol. The van der Waals surface area contributed by atoms with Gasteiger partial charge in [0.15, 0.2) is 0 Å². The first-order valence-corrected chi connectivity index (χ1v) is 29.5. The molecular weight excluding hydrogens is 936 g/mol. The average Bonchev–Trinajstić information content (AvgIpc) is 3.95. The Balaban J connectivity index is 0.000000286. The van der Waals surface area contributed by atoms with E-state index in [0.717, 1.165) is 12.8 Å². The number of aryl methyl sites for hydroxylation is 2. The Morgan fingerprint density at radius 1 is 0.357 bits per heavy atom. The predicted octanol–water partition coefficient (Wildman–Crippen LogP) is 20.2. The Kier molecular flexibility index (Phi) is 20.3. The van der Waals surface area contributed by atoms with E-state index >= 15 is 0 Å². The predicted molar refractivity (Wildman–Crippen MR) is 311 cm³/mol. The van der Waals surface area contributed by atoms with Crippen molar-refractivity contribution in [3.8, 4) is 44.5 Å². The Hall–Kier alpha value is -4.36. The van der Waals surface area contributed by atoms with Gasteiger partial charge in [-0.3, -0.25) is 0 Å². The minimum atomic E-state index is 0. The van der Waals surface area contributed by atoms with E-state index in [1.165, 1.54) is 148 Å². The topological polar surface area (TPSA) is 0 Å². The van der Waals surface area contributed by atoms with Gasteiger partial charge in [-0.1, -0.05) is 277 Å². The van der Waals surface area contributed by atoms with Crippen molar-refractivity contribution in [2.24, 2.45) is 0 Å². The molecule has 2 heteroatoms. The van der Waals surface area contributed by atoms with Crippen molar-refractivity contribution >= 4 is 28.4 Å². The summed E-state index contributed by atoms with van der Waals surface area (Å²) in [6, 6.07) is 55.8. The Morgan fingerprint density at radius 3 is 0.814 bits per heavy atom. The maximum absolute atomic E-state index is 3.06. The zero-order chi connectivity index (χ0) is 49.6. The molecular formula is C68H84SiZr-4. The molecule has 0 nitrogen and oxygen atoms in total. The van der Waals surface area contributed by atoms with Gasteiger partial charge < -0.3 is 14.9 Å². The van der Waals surface area contributed by atoms with Gasteiger partial charge in [0.2, 0.25) is 0 Å². The fourth-order valence-corrected chi connectivity index (χ4v) is 9.38. The van der Waals surface area contributed by atoms with Crippen LogP contribution in [0.2, 0.25) is 0 Å². The fourth-order valence-electron chi connectivity index (χ4n) is 9.38. The van der Waals surface area contributed by atoms with Gasteiger partial charge in [0.1, 0.15) is 0 Å². The third-order valence-electron chi connectivity index (χ3n) is 13.8. The molecule has 0 atom stereocenters. The molecule has 0 fully saturated rings. The molecule has 8 aromatic carbocycles. The monoisotopic (exact) mass is 1020 g/mol. The van der Waals surface area contributed by atoms with E-state index in [9.17, 15) is 0 Å². The van der Waals surface area contributed by atoms with Crippen molar-refractivity contribution in [1.29, 1.82) is 0 Å². The van der Waals surface area contributed by atoms with Gasteiger partial charge >= 0.3 is 30.2 Å². The van der Waals surface area contributed by atoms with Gasteiger partial charge in [-0.15, -0.1) is 44.8 Å². The summed E-state index contributed by atoms with van der Waals surface area (Å²) >= 11 is 1.36. The van der Waals surface area contributed by atoms with E-state index in [2.05, 4.69) is 249 Å². The third-order valence-corrected chi connectivity index (χ3v) is 13.8. The number of hydrogen-bond acceptors (Lipinski definition) is 0. The molecule has 8 rings (SSSR count). The number of fused-ring (bicyclic) bond motifs is 2. The molecule has 0 unspecified atom stereocenters. The van der Waals surface area contributed by atoms with Crippen LogP contribution in [0.3, 0.4) is 0 Å². The zero-order valence-electron chi connectivity index (χ0n) is 46.1. The first-order valence-electron chi connectivity index (χ1n) is 25.3. The van der Waals surface area contributed by atoms with E-state index in [1.54, 1.807) is 0 Å². The van der Waals surface area contributed by atoms with Crippen LogP contribution in [0.15, 0.2) is 146 Å². The molecule has 0 N–H and O–H groups in total. The summed E-state index contributed by atoms with van der Waals surface area (Å²) in [5.41, 5.74) is 19.7. The van der Waals surface area contributed by atoms with Crippen LogP contribution in [0, 0.1) is 14.9 Å². The van der Waals surface area contributed by atoms with Crippen molar-refractivity contribution in [3.63, 3.8) is 0 Å². The molecule has 0 bridgehead atoms. The molecule has 0 saturated carbocycles. The van der Waals surface area contributed by atoms with Crippen molar-refractivity contribution in [3.05, 3.63) is 194 Å². The minimum absolute atomic E-state index is 0. The van der Waals surface area contributed by atoms with Crippen LogP contribution in [0.4, 0.5) is 0 Å². The Labute approximate surface area is 444 Å². The van der Waals surface area contributed by atoms with Crippen molar-refractivity contribution in [1.82, 2.24) is 0 Å². The molecule has 8 aromatic rings. The molecule has 0 spiro atoms. The molecule has 0 saturated heterocycles. The van der Waals surface area contributed by atoms with Crippen LogP contribution in [-0.4, -0.2) is 6.88 Å². The van der Waals surface area contributed by atoms with E-state index < -0.39 is 0 Å². The molecule has 0 aromatic heterocycles. The first kappa shape index (κ1) is 58.2. The van der Waals surface area contributed by atoms with Gasteiger partial charge in [0.05, 0.1) is 0 Å². The number of hydrogen-bond donors (Lipinski definition) is 0. The number of rotatable bonds is 10. The van der Waals surface area contributed by atoms with Crippen LogP contribution in [0.25, 0.3) is 66.1 Å². The summed E-state index contributed by atoms with van der Waals surface area (Å²) in [5, 5.41) is 5.51. The molecule has 0 aliphatic carbocycles. The second kappa shape index (κ2) is 24.4. The van der Waals surface area contributed by atoms with E-state index in [-0.39, 0.29) is 36.5 Å².